The third-order valence-electron chi connectivity index (χ3n) is 3.24. The molecule has 0 aliphatic carbocycles. The van der Waals surface area contributed by atoms with Crippen LogP contribution in [-0.4, -0.2) is 0 Å². The Morgan fingerprint density at radius 3 is 2.43 bits per heavy atom. The Bertz CT molecular complexity index is 744. The van der Waals surface area contributed by atoms with E-state index >= 15 is 0 Å². The van der Waals surface area contributed by atoms with Crippen LogP contribution in [0.1, 0.15) is 17.8 Å². The quantitative estimate of drug-likeness (QED) is 0.492. The predicted octanol–water partition coefficient (Wildman–Crippen LogP) is 7.14. The number of thiophene rings is 1. The van der Waals surface area contributed by atoms with Crippen LogP contribution in [0.15, 0.2) is 46.9 Å². The number of hydrogen-bond acceptors (Lipinski definition) is 2. The Hall–Kier alpha value is -0.740. The summed E-state index contributed by atoms with van der Waals surface area (Å²) in [5, 5.41) is 5.90. The van der Waals surface area contributed by atoms with Crippen molar-refractivity contribution in [2.75, 3.05) is 5.32 Å². The van der Waals surface area contributed by atoms with Crippen LogP contribution in [0, 0.1) is 0 Å². The van der Waals surface area contributed by atoms with Gasteiger partial charge < -0.3 is 5.32 Å². The Morgan fingerprint density at radius 2 is 1.76 bits per heavy atom. The average Bonchev–Trinajstić information content (AvgIpc) is 2.86. The van der Waals surface area contributed by atoms with Crippen molar-refractivity contribution < 1.29 is 0 Å². The maximum Gasteiger partial charge on any atom is 0.0724 e. The predicted molar refractivity (Wildman–Crippen MR) is 98.0 cm³/mol. The normalized spacial score (nSPS) is 12.6. The van der Waals surface area contributed by atoms with Gasteiger partial charge in [-0.2, -0.15) is 0 Å². The Balaban J connectivity index is 1.91. The van der Waals surface area contributed by atoms with Gasteiger partial charge >= 0.3 is 0 Å². The first kappa shape index (κ1) is 15.2. The molecule has 0 amide bonds. The van der Waals surface area contributed by atoms with Gasteiger partial charge in [-0.25, -0.2) is 0 Å². The van der Waals surface area contributed by atoms with E-state index in [1.54, 1.807) is 11.3 Å². The number of anilines is 1. The van der Waals surface area contributed by atoms with E-state index in [-0.39, 0.29) is 6.04 Å². The highest BCUT2D eigenvalue weighted by molar-refractivity contribution is 9.10. The lowest BCUT2D eigenvalue weighted by Gasteiger charge is -2.16. The zero-order chi connectivity index (χ0) is 15.0. The van der Waals surface area contributed by atoms with E-state index in [1.807, 2.05) is 12.1 Å². The minimum Gasteiger partial charge on any atom is -0.375 e. The van der Waals surface area contributed by atoms with E-state index < -0.39 is 0 Å². The van der Waals surface area contributed by atoms with Gasteiger partial charge in [0.15, 0.2) is 0 Å². The molecule has 3 aromatic rings. The third kappa shape index (κ3) is 3.21. The maximum absolute atomic E-state index is 6.27. The number of rotatable bonds is 3. The van der Waals surface area contributed by atoms with Gasteiger partial charge in [0.2, 0.25) is 0 Å². The second-order valence-electron chi connectivity index (χ2n) is 4.80. The van der Waals surface area contributed by atoms with Crippen LogP contribution < -0.4 is 5.32 Å². The highest BCUT2D eigenvalue weighted by Gasteiger charge is 2.14. The summed E-state index contributed by atoms with van der Waals surface area (Å²) in [6.07, 6.45) is 0. The van der Waals surface area contributed by atoms with Crippen molar-refractivity contribution in [1.82, 2.24) is 0 Å². The van der Waals surface area contributed by atoms with Gasteiger partial charge in [-0.1, -0.05) is 57.3 Å². The standard InChI is InChI=1S/C16H12BrCl2NS/c1-9(15-6-10-4-2-3-5-14(10)21-15)20-16-12(18)7-11(17)8-13(16)19/h2-9,20H,1H3. The van der Waals surface area contributed by atoms with E-state index in [2.05, 4.69) is 58.5 Å². The maximum atomic E-state index is 6.27. The average molecular weight is 401 g/mol. The van der Waals surface area contributed by atoms with Gasteiger partial charge in [-0.15, -0.1) is 11.3 Å². The summed E-state index contributed by atoms with van der Waals surface area (Å²) in [5.74, 6) is 0. The van der Waals surface area contributed by atoms with Crippen LogP contribution in [0.3, 0.4) is 0 Å². The first-order chi connectivity index (χ1) is 10.0. The summed E-state index contributed by atoms with van der Waals surface area (Å²) in [6.45, 7) is 2.11. The van der Waals surface area contributed by atoms with Crippen LogP contribution in [-0.2, 0) is 0 Å². The molecule has 0 aliphatic rings. The van der Waals surface area contributed by atoms with E-state index in [0.29, 0.717) is 10.0 Å². The molecule has 108 valence electrons. The Morgan fingerprint density at radius 1 is 1.10 bits per heavy atom. The van der Waals surface area contributed by atoms with Crippen molar-refractivity contribution in [2.45, 2.75) is 13.0 Å². The fourth-order valence-electron chi connectivity index (χ4n) is 2.18. The molecule has 0 spiro atoms. The van der Waals surface area contributed by atoms with Crippen LogP contribution in [0.5, 0.6) is 0 Å². The third-order valence-corrected chi connectivity index (χ3v) is 5.59. The number of halogens is 3. The first-order valence-corrected chi connectivity index (χ1v) is 8.80. The largest absolute Gasteiger partial charge is 0.375 e. The topological polar surface area (TPSA) is 12.0 Å². The highest BCUT2D eigenvalue weighted by atomic mass is 79.9. The molecule has 0 fully saturated rings. The van der Waals surface area contributed by atoms with Crippen molar-refractivity contribution >= 4 is 66.2 Å². The molecular weight excluding hydrogens is 389 g/mol. The molecule has 0 aliphatic heterocycles. The van der Waals surface area contributed by atoms with Gasteiger partial charge in [-0.3, -0.25) is 0 Å². The molecule has 1 unspecified atom stereocenters. The molecule has 21 heavy (non-hydrogen) atoms. The van der Waals surface area contributed by atoms with Gasteiger partial charge in [0.1, 0.15) is 0 Å². The molecule has 0 saturated heterocycles. The summed E-state index contributed by atoms with van der Waals surface area (Å²) < 4.78 is 2.16. The van der Waals surface area contributed by atoms with Crippen LogP contribution >= 0.6 is 50.5 Å². The van der Waals surface area contributed by atoms with E-state index in [9.17, 15) is 0 Å². The second-order valence-corrected chi connectivity index (χ2v) is 7.64. The van der Waals surface area contributed by atoms with Crippen molar-refractivity contribution in [2.24, 2.45) is 0 Å². The highest BCUT2D eigenvalue weighted by Crippen LogP contribution is 2.37. The monoisotopic (exact) mass is 399 g/mol. The lowest BCUT2D eigenvalue weighted by atomic mass is 10.2. The van der Waals surface area contributed by atoms with E-state index in [0.717, 1.165) is 10.2 Å². The summed E-state index contributed by atoms with van der Waals surface area (Å²) in [5.41, 5.74) is 0.770. The fraction of sp³-hybridized carbons (Fsp3) is 0.125. The number of fused-ring (bicyclic) bond motifs is 1. The molecule has 1 nitrogen and oxygen atoms in total. The molecule has 1 aromatic heterocycles. The summed E-state index contributed by atoms with van der Waals surface area (Å²) in [6, 6.07) is 14.4. The van der Waals surface area contributed by atoms with Crippen LogP contribution in [0.4, 0.5) is 5.69 Å². The van der Waals surface area contributed by atoms with Crippen molar-refractivity contribution in [3.8, 4) is 0 Å². The van der Waals surface area contributed by atoms with E-state index in [1.165, 1.54) is 15.0 Å². The molecule has 0 saturated carbocycles. The second kappa shape index (κ2) is 6.17. The molecule has 0 bridgehead atoms. The molecule has 0 radical (unpaired) electrons. The van der Waals surface area contributed by atoms with Crippen molar-refractivity contribution in [1.29, 1.82) is 0 Å². The molecule has 1 N–H and O–H groups in total. The SMILES string of the molecule is CC(Nc1c(Cl)cc(Br)cc1Cl)c1cc2ccccc2s1. The number of nitrogens with one attached hydrogen (secondary N) is 1. The van der Waals surface area contributed by atoms with Crippen LogP contribution in [0.2, 0.25) is 10.0 Å². The summed E-state index contributed by atoms with van der Waals surface area (Å²) in [7, 11) is 0. The lowest BCUT2D eigenvalue weighted by molar-refractivity contribution is 0.909. The molecular formula is C16H12BrCl2NS. The molecule has 2 aromatic carbocycles. The zero-order valence-electron chi connectivity index (χ0n) is 11.2. The minimum absolute atomic E-state index is 0.138. The van der Waals surface area contributed by atoms with Gasteiger partial charge in [0.05, 0.1) is 21.8 Å². The van der Waals surface area contributed by atoms with Gasteiger partial charge in [0.25, 0.3) is 0 Å². The Labute approximate surface area is 146 Å². The zero-order valence-corrected chi connectivity index (χ0v) is 15.1. The minimum atomic E-state index is 0.138. The molecule has 1 atom stereocenters. The van der Waals surface area contributed by atoms with Crippen molar-refractivity contribution in [3.63, 3.8) is 0 Å². The Kier molecular flexibility index (Phi) is 4.46. The fourth-order valence-corrected chi connectivity index (χ4v) is 4.57. The van der Waals surface area contributed by atoms with Gasteiger partial charge in [-0.05, 0) is 36.6 Å². The molecule has 5 heteroatoms. The van der Waals surface area contributed by atoms with Crippen molar-refractivity contribution in [3.05, 3.63) is 61.9 Å². The number of benzene rings is 2. The van der Waals surface area contributed by atoms with Crippen LogP contribution in [0.25, 0.3) is 10.1 Å². The molecule has 3 rings (SSSR count). The number of hydrogen-bond donors (Lipinski definition) is 1. The van der Waals surface area contributed by atoms with Gasteiger partial charge in [0, 0.05) is 14.0 Å². The molecule has 1 heterocycles. The summed E-state index contributed by atoms with van der Waals surface area (Å²) >= 11 is 17.7. The summed E-state index contributed by atoms with van der Waals surface area (Å²) in [4.78, 5) is 1.26. The smallest absolute Gasteiger partial charge is 0.0724 e. The van der Waals surface area contributed by atoms with E-state index in [4.69, 9.17) is 23.2 Å². The lowest BCUT2D eigenvalue weighted by Crippen LogP contribution is -2.05. The first-order valence-electron chi connectivity index (χ1n) is 6.44.